The summed E-state index contributed by atoms with van der Waals surface area (Å²) in [6.45, 7) is 0. The van der Waals surface area contributed by atoms with Crippen LogP contribution in [0.2, 0.25) is 0 Å². The number of fused-ring (bicyclic) bond motifs is 7. The average molecular weight is 410 g/mol. The third-order valence-corrected chi connectivity index (χ3v) is 6.23. The molecule has 0 saturated carbocycles. The van der Waals surface area contributed by atoms with Crippen LogP contribution in [0.25, 0.3) is 32.4 Å². The second kappa shape index (κ2) is 6.56. The quantitative estimate of drug-likeness (QED) is 0.273. The van der Waals surface area contributed by atoms with E-state index in [2.05, 4.69) is 95.9 Å². The zero-order valence-electron chi connectivity index (χ0n) is 17.2. The number of anilines is 3. The zero-order chi connectivity index (χ0) is 21.1. The fourth-order valence-corrected chi connectivity index (χ4v) is 4.74. The molecule has 7 rings (SSSR count). The maximum atomic E-state index is 6.58. The van der Waals surface area contributed by atoms with E-state index in [1.54, 1.807) is 0 Å². The van der Waals surface area contributed by atoms with Crippen molar-refractivity contribution >= 4 is 49.5 Å². The highest BCUT2D eigenvalue weighted by Crippen LogP contribution is 2.55. The Morgan fingerprint density at radius 1 is 0.625 bits per heavy atom. The largest absolute Gasteiger partial charge is 0.452 e. The van der Waals surface area contributed by atoms with Crippen LogP contribution in [0.1, 0.15) is 0 Å². The lowest BCUT2D eigenvalue weighted by molar-refractivity contribution is 0.483. The Kier molecular flexibility index (Phi) is 3.55. The maximum Gasteiger partial charge on any atom is 0.159 e. The number of rotatable bonds is 1. The Hall–Kier alpha value is -4.37. The van der Waals surface area contributed by atoms with Gasteiger partial charge in [-0.15, -0.1) is 0 Å². The van der Waals surface area contributed by atoms with E-state index in [1.165, 1.54) is 5.39 Å². The van der Waals surface area contributed by atoms with E-state index in [9.17, 15) is 0 Å². The van der Waals surface area contributed by atoms with E-state index in [0.29, 0.717) is 0 Å². The zero-order valence-corrected chi connectivity index (χ0v) is 17.2. The number of nitrogens with zero attached hydrogens (tertiary/aromatic N) is 2. The minimum absolute atomic E-state index is 0.848. The first kappa shape index (κ1) is 17.3. The van der Waals surface area contributed by atoms with Gasteiger partial charge < -0.3 is 9.64 Å². The second-order valence-corrected chi connectivity index (χ2v) is 8.09. The molecule has 3 heteroatoms. The Balaban J connectivity index is 1.59. The number of ether oxygens (including phenoxy) is 1. The molecule has 0 atom stereocenters. The molecule has 0 unspecified atom stereocenters. The summed E-state index contributed by atoms with van der Waals surface area (Å²) in [5.41, 5.74) is 4.06. The molecule has 3 nitrogen and oxygen atoms in total. The molecule has 0 radical (unpaired) electrons. The van der Waals surface area contributed by atoms with Gasteiger partial charge >= 0.3 is 0 Å². The summed E-state index contributed by atoms with van der Waals surface area (Å²) < 4.78 is 6.58. The number of aromatic nitrogens is 1. The normalized spacial score (nSPS) is 12.6. The van der Waals surface area contributed by atoms with E-state index < -0.39 is 0 Å². The SMILES string of the molecule is c1ccc2ncc(N3c4ccc5ccccc5c4Oc4ccc5ccccc5c43)cc2c1. The highest BCUT2D eigenvalue weighted by molar-refractivity contribution is 6.07. The van der Waals surface area contributed by atoms with Gasteiger partial charge in [-0.25, -0.2) is 0 Å². The lowest BCUT2D eigenvalue weighted by Gasteiger charge is -2.34. The van der Waals surface area contributed by atoms with Gasteiger partial charge in [0.2, 0.25) is 0 Å². The Bertz CT molecular complexity index is 1670. The van der Waals surface area contributed by atoms with Crippen LogP contribution >= 0.6 is 0 Å². The molecule has 5 aromatic carbocycles. The predicted octanol–water partition coefficient (Wildman–Crippen LogP) is 8.12. The van der Waals surface area contributed by atoms with Crippen LogP contribution in [0, 0.1) is 0 Å². The summed E-state index contributed by atoms with van der Waals surface area (Å²) in [6, 6.07) is 35.8. The fraction of sp³-hybridized carbons (Fsp3) is 0. The smallest absolute Gasteiger partial charge is 0.159 e. The molecule has 0 bridgehead atoms. The molecule has 0 aliphatic carbocycles. The minimum Gasteiger partial charge on any atom is -0.452 e. The van der Waals surface area contributed by atoms with Gasteiger partial charge in [0.05, 0.1) is 28.8 Å². The maximum absolute atomic E-state index is 6.58. The van der Waals surface area contributed by atoms with Gasteiger partial charge in [0.15, 0.2) is 11.5 Å². The van der Waals surface area contributed by atoms with Crippen LogP contribution in [-0.2, 0) is 0 Å². The van der Waals surface area contributed by atoms with Crippen LogP contribution in [0.5, 0.6) is 11.5 Å². The lowest BCUT2D eigenvalue weighted by atomic mass is 10.0. The van der Waals surface area contributed by atoms with Crippen molar-refractivity contribution in [1.29, 1.82) is 0 Å². The summed E-state index contributed by atoms with van der Waals surface area (Å²) in [5.74, 6) is 1.72. The molecule has 1 aliphatic heterocycles. The van der Waals surface area contributed by atoms with Crippen LogP contribution in [0.15, 0.2) is 109 Å². The molecule has 0 fully saturated rings. The molecule has 6 aromatic rings. The first-order valence-electron chi connectivity index (χ1n) is 10.7. The van der Waals surface area contributed by atoms with Gasteiger partial charge in [0, 0.05) is 16.2 Å². The summed E-state index contributed by atoms with van der Waals surface area (Å²) in [6.07, 6.45) is 1.96. The monoisotopic (exact) mass is 410 g/mol. The predicted molar refractivity (Wildman–Crippen MR) is 132 cm³/mol. The Labute approximate surface area is 185 Å². The molecule has 150 valence electrons. The lowest BCUT2D eigenvalue weighted by Crippen LogP contribution is -2.16. The summed E-state index contributed by atoms with van der Waals surface area (Å²) in [4.78, 5) is 7.06. The third kappa shape index (κ3) is 2.45. The molecule has 0 saturated heterocycles. The van der Waals surface area contributed by atoms with Gasteiger partial charge in [-0.2, -0.15) is 0 Å². The van der Waals surface area contributed by atoms with Crippen LogP contribution in [-0.4, -0.2) is 4.98 Å². The van der Waals surface area contributed by atoms with Crippen molar-refractivity contribution in [1.82, 2.24) is 4.98 Å². The first-order chi connectivity index (χ1) is 15.9. The van der Waals surface area contributed by atoms with Gasteiger partial charge in [-0.05, 0) is 35.0 Å². The fourth-order valence-electron chi connectivity index (χ4n) is 4.74. The van der Waals surface area contributed by atoms with Gasteiger partial charge in [-0.3, -0.25) is 4.98 Å². The van der Waals surface area contributed by atoms with Crippen molar-refractivity contribution in [3.63, 3.8) is 0 Å². The molecule has 32 heavy (non-hydrogen) atoms. The second-order valence-electron chi connectivity index (χ2n) is 8.09. The summed E-state index contributed by atoms with van der Waals surface area (Å²) in [5, 5.41) is 5.70. The number of para-hydroxylation sites is 1. The first-order valence-corrected chi connectivity index (χ1v) is 10.7. The van der Waals surface area contributed by atoms with Gasteiger partial charge in [0.1, 0.15) is 0 Å². The molecule has 0 amide bonds. The van der Waals surface area contributed by atoms with Gasteiger partial charge in [0.25, 0.3) is 0 Å². The van der Waals surface area contributed by atoms with E-state index in [0.717, 1.165) is 55.6 Å². The minimum atomic E-state index is 0.848. The highest BCUT2D eigenvalue weighted by atomic mass is 16.5. The van der Waals surface area contributed by atoms with Crippen molar-refractivity contribution in [2.75, 3.05) is 4.90 Å². The van der Waals surface area contributed by atoms with Gasteiger partial charge in [-0.1, -0.05) is 78.9 Å². The number of hydrogen-bond acceptors (Lipinski definition) is 3. The van der Waals surface area contributed by atoms with E-state index in [-0.39, 0.29) is 0 Å². The highest BCUT2D eigenvalue weighted by Gasteiger charge is 2.29. The van der Waals surface area contributed by atoms with Crippen LogP contribution < -0.4 is 9.64 Å². The Morgan fingerprint density at radius 2 is 1.31 bits per heavy atom. The molecule has 1 aliphatic rings. The Morgan fingerprint density at radius 3 is 2.19 bits per heavy atom. The molecular weight excluding hydrogens is 392 g/mol. The number of benzene rings is 5. The van der Waals surface area contributed by atoms with Crippen molar-refractivity contribution in [3.05, 3.63) is 109 Å². The third-order valence-electron chi connectivity index (χ3n) is 6.23. The molecule has 0 spiro atoms. The summed E-state index contributed by atoms with van der Waals surface area (Å²) in [7, 11) is 0. The molecule has 1 aromatic heterocycles. The molecule has 0 N–H and O–H groups in total. The topological polar surface area (TPSA) is 25.4 Å². The van der Waals surface area contributed by atoms with Crippen LogP contribution in [0.3, 0.4) is 0 Å². The number of hydrogen-bond donors (Lipinski definition) is 0. The van der Waals surface area contributed by atoms with Crippen molar-refractivity contribution in [2.24, 2.45) is 0 Å². The standard InChI is InChI=1S/C29H18N2O/c1-4-10-23-19(7-1)14-16-27-28(23)31(22-17-21-9-3-6-12-25(21)30-18-22)26-15-13-20-8-2-5-11-24(20)29(26)32-27/h1-18H. The van der Waals surface area contributed by atoms with Crippen molar-refractivity contribution in [2.45, 2.75) is 0 Å². The summed E-state index contributed by atoms with van der Waals surface area (Å²) >= 11 is 0. The number of pyridine rings is 1. The van der Waals surface area contributed by atoms with E-state index in [4.69, 9.17) is 9.72 Å². The van der Waals surface area contributed by atoms with Crippen LogP contribution in [0.4, 0.5) is 17.1 Å². The molecule has 2 heterocycles. The van der Waals surface area contributed by atoms with E-state index >= 15 is 0 Å². The van der Waals surface area contributed by atoms with Crippen molar-refractivity contribution < 1.29 is 4.74 Å². The van der Waals surface area contributed by atoms with E-state index in [1.807, 2.05) is 18.3 Å². The average Bonchev–Trinajstić information content (AvgIpc) is 2.87. The van der Waals surface area contributed by atoms with Crippen molar-refractivity contribution in [3.8, 4) is 11.5 Å². The molecular formula is C29H18N2O.